The highest BCUT2D eigenvalue weighted by Crippen LogP contribution is 2.36. The average Bonchev–Trinajstić information content (AvgIpc) is 2.88. The maximum absolute atomic E-state index is 12.8. The summed E-state index contributed by atoms with van der Waals surface area (Å²) in [5.41, 5.74) is 1.52. The van der Waals surface area contributed by atoms with Crippen LogP contribution in [0.15, 0.2) is 66.7 Å². The Kier molecular flexibility index (Phi) is 12.3. The Hall–Kier alpha value is -3.16. The van der Waals surface area contributed by atoms with E-state index in [0.717, 1.165) is 16.9 Å². The topological polar surface area (TPSA) is 68.3 Å². The second kappa shape index (κ2) is 15.2. The van der Waals surface area contributed by atoms with E-state index in [9.17, 15) is 9.59 Å². The number of carbonyl (C=O) groups is 2. The van der Waals surface area contributed by atoms with Crippen molar-refractivity contribution >= 4 is 11.8 Å². The molecular weight excluding hydrogens is 468 g/mol. The van der Waals surface area contributed by atoms with Gasteiger partial charge in [-0.3, -0.25) is 9.59 Å². The molecule has 0 saturated heterocycles. The van der Waals surface area contributed by atoms with Crippen LogP contribution in [0.3, 0.4) is 0 Å². The first kappa shape index (κ1) is 30.1. The Balaban J connectivity index is 2.14. The lowest BCUT2D eigenvalue weighted by atomic mass is 9.72. The Morgan fingerprint density at radius 3 is 2.05 bits per heavy atom. The van der Waals surface area contributed by atoms with E-state index in [-0.39, 0.29) is 30.6 Å². The molecule has 0 aliphatic rings. The molecule has 0 unspecified atom stereocenters. The summed E-state index contributed by atoms with van der Waals surface area (Å²) < 4.78 is 17.2. The molecule has 2 rings (SSSR count). The molecule has 7 heteroatoms. The van der Waals surface area contributed by atoms with Crippen LogP contribution in [-0.2, 0) is 32.3 Å². The highest BCUT2D eigenvalue weighted by molar-refractivity contribution is 5.78. The van der Waals surface area contributed by atoms with E-state index < -0.39 is 5.41 Å². The third-order valence-electron chi connectivity index (χ3n) is 6.40. The summed E-state index contributed by atoms with van der Waals surface area (Å²) in [5, 5.41) is 0. The van der Waals surface area contributed by atoms with Gasteiger partial charge in [-0.15, -0.1) is 0 Å². The molecule has 7 nitrogen and oxygen atoms in total. The Morgan fingerprint density at radius 2 is 1.46 bits per heavy atom. The lowest BCUT2D eigenvalue weighted by Crippen LogP contribution is -2.39. The number of hydrogen-bond acceptors (Lipinski definition) is 5. The maximum Gasteiger partial charge on any atom is 0.222 e. The second-order valence-corrected chi connectivity index (χ2v) is 9.99. The van der Waals surface area contributed by atoms with E-state index in [1.54, 1.807) is 45.1 Å². The molecular formula is C30H42N2O5. The second-order valence-electron chi connectivity index (χ2n) is 9.99. The number of benzene rings is 2. The van der Waals surface area contributed by atoms with Crippen LogP contribution in [0.1, 0.15) is 30.9 Å². The van der Waals surface area contributed by atoms with Crippen LogP contribution in [0, 0.1) is 11.3 Å². The van der Waals surface area contributed by atoms with Crippen LogP contribution >= 0.6 is 0 Å². The zero-order valence-electron chi connectivity index (χ0n) is 23.1. The number of ether oxygens (including phenoxy) is 3. The molecule has 0 aromatic heterocycles. The highest BCUT2D eigenvalue weighted by atomic mass is 16.5. The van der Waals surface area contributed by atoms with Crippen LogP contribution in [0.25, 0.3) is 0 Å². The van der Waals surface area contributed by atoms with Crippen molar-refractivity contribution in [3.63, 3.8) is 0 Å². The van der Waals surface area contributed by atoms with Gasteiger partial charge in [-0.2, -0.15) is 0 Å². The van der Waals surface area contributed by atoms with Crippen molar-refractivity contribution in [1.29, 1.82) is 0 Å². The first-order chi connectivity index (χ1) is 17.6. The molecule has 2 aromatic rings. The van der Waals surface area contributed by atoms with Gasteiger partial charge in [0.2, 0.25) is 11.8 Å². The number of methoxy groups -OCH3 is 1. The van der Waals surface area contributed by atoms with Crippen molar-refractivity contribution in [1.82, 2.24) is 9.80 Å². The molecule has 202 valence electrons. The molecule has 0 fully saturated rings. The van der Waals surface area contributed by atoms with Crippen molar-refractivity contribution in [2.45, 2.75) is 33.0 Å². The van der Waals surface area contributed by atoms with Crippen molar-refractivity contribution in [2.24, 2.45) is 11.3 Å². The number of rotatable bonds is 15. The van der Waals surface area contributed by atoms with Crippen molar-refractivity contribution in [3.8, 4) is 5.75 Å². The van der Waals surface area contributed by atoms with Gasteiger partial charge in [0.25, 0.3) is 0 Å². The predicted octanol–water partition coefficient (Wildman–Crippen LogP) is 4.56. The van der Waals surface area contributed by atoms with E-state index in [2.05, 4.69) is 0 Å². The SMILES string of the molecule is COc1ccc(COC/C=C/[C@H](CC(=O)N(C)C)[C@@](C)(COCc2ccccc2)CC(=O)N(C)C)cc1. The molecule has 0 spiro atoms. The first-order valence-electron chi connectivity index (χ1n) is 12.5. The van der Waals surface area contributed by atoms with Crippen LogP contribution in [-0.4, -0.2) is 70.1 Å². The Labute approximate surface area is 222 Å². The minimum Gasteiger partial charge on any atom is -0.497 e. The fourth-order valence-electron chi connectivity index (χ4n) is 3.87. The van der Waals surface area contributed by atoms with Gasteiger partial charge in [-0.1, -0.05) is 61.5 Å². The third kappa shape index (κ3) is 10.4. The van der Waals surface area contributed by atoms with Gasteiger partial charge >= 0.3 is 0 Å². The predicted molar refractivity (Wildman–Crippen MR) is 146 cm³/mol. The van der Waals surface area contributed by atoms with Gasteiger partial charge in [0.15, 0.2) is 0 Å². The molecule has 0 aliphatic carbocycles. The molecule has 0 radical (unpaired) electrons. The summed E-state index contributed by atoms with van der Waals surface area (Å²) in [6.45, 7) is 3.66. The number of hydrogen-bond donors (Lipinski definition) is 0. The fraction of sp³-hybridized carbons (Fsp3) is 0.467. The Bertz CT molecular complexity index is 989. The minimum absolute atomic E-state index is 0.000359. The molecule has 0 N–H and O–H groups in total. The van der Waals surface area contributed by atoms with E-state index in [1.165, 1.54) is 0 Å². The van der Waals surface area contributed by atoms with Crippen molar-refractivity contribution in [2.75, 3.05) is 48.5 Å². The lowest BCUT2D eigenvalue weighted by Gasteiger charge is -2.36. The molecule has 0 bridgehead atoms. The molecule has 0 saturated carbocycles. The lowest BCUT2D eigenvalue weighted by molar-refractivity contribution is -0.136. The quantitative estimate of drug-likeness (QED) is 0.260. The largest absolute Gasteiger partial charge is 0.497 e. The summed E-state index contributed by atoms with van der Waals surface area (Å²) in [5.74, 6) is 0.586. The molecule has 2 aromatic carbocycles. The minimum atomic E-state index is -0.589. The van der Waals surface area contributed by atoms with E-state index in [4.69, 9.17) is 14.2 Å². The molecule has 37 heavy (non-hydrogen) atoms. The highest BCUT2D eigenvalue weighted by Gasteiger charge is 2.37. The van der Waals surface area contributed by atoms with Gasteiger partial charge in [0, 0.05) is 46.4 Å². The normalized spacial score (nSPS) is 13.7. The standard InChI is InChI=1S/C30H42N2O5/c1-30(20-29(34)32(4)5,23-37-22-24-11-8-7-9-12-24)26(19-28(33)31(2)3)13-10-18-36-21-25-14-16-27(35-6)17-15-25/h7-17,26H,18-23H2,1-6H3/b13-10+/t26-,30-/m1/s1. The summed E-state index contributed by atoms with van der Waals surface area (Å²) in [6, 6.07) is 17.7. The molecule has 2 amide bonds. The third-order valence-corrected chi connectivity index (χ3v) is 6.40. The van der Waals surface area contributed by atoms with Crippen molar-refractivity contribution in [3.05, 3.63) is 77.9 Å². The first-order valence-corrected chi connectivity index (χ1v) is 12.5. The van der Waals surface area contributed by atoms with Crippen LogP contribution in [0.4, 0.5) is 0 Å². The monoisotopic (exact) mass is 510 g/mol. The van der Waals surface area contributed by atoms with Gasteiger partial charge in [0.05, 0.1) is 33.5 Å². The zero-order chi connectivity index (χ0) is 27.3. The van der Waals surface area contributed by atoms with Gasteiger partial charge in [0.1, 0.15) is 5.75 Å². The van der Waals surface area contributed by atoms with Gasteiger partial charge in [-0.25, -0.2) is 0 Å². The summed E-state index contributed by atoms with van der Waals surface area (Å²) in [7, 11) is 8.62. The van der Waals surface area contributed by atoms with E-state index in [0.29, 0.717) is 26.4 Å². The van der Waals surface area contributed by atoms with Crippen LogP contribution in [0.5, 0.6) is 5.75 Å². The molecule has 0 aliphatic heterocycles. The number of amides is 2. The zero-order valence-corrected chi connectivity index (χ0v) is 23.1. The smallest absolute Gasteiger partial charge is 0.222 e. The number of carbonyl (C=O) groups excluding carboxylic acids is 2. The van der Waals surface area contributed by atoms with E-state index >= 15 is 0 Å². The maximum atomic E-state index is 12.8. The van der Waals surface area contributed by atoms with E-state index in [1.807, 2.05) is 73.7 Å². The number of nitrogens with zero attached hydrogens (tertiary/aromatic N) is 2. The van der Waals surface area contributed by atoms with Gasteiger partial charge in [-0.05, 0) is 29.2 Å². The fourth-order valence-corrected chi connectivity index (χ4v) is 3.87. The van der Waals surface area contributed by atoms with Crippen LogP contribution in [0.2, 0.25) is 0 Å². The average molecular weight is 511 g/mol. The molecule has 2 atom stereocenters. The summed E-state index contributed by atoms with van der Waals surface area (Å²) >= 11 is 0. The van der Waals surface area contributed by atoms with Gasteiger partial charge < -0.3 is 24.0 Å². The Morgan fingerprint density at radius 1 is 0.865 bits per heavy atom. The number of allylic oxidation sites excluding steroid dienone is 1. The van der Waals surface area contributed by atoms with Crippen molar-refractivity contribution < 1.29 is 23.8 Å². The summed E-state index contributed by atoms with van der Waals surface area (Å²) in [6.07, 6.45) is 4.47. The molecule has 0 heterocycles. The van der Waals surface area contributed by atoms with Crippen LogP contribution < -0.4 is 4.74 Å². The summed E-state index contributed by atoms with van der Waals surface area (Å²) in [4.78, 5) is 28.7.